The van der Waals surface area contributed by atoms with Gasteiger partial charge >= 0.3 is 5.97 Å². The number of aliphatic hydroxyl groups is 1. The Kier molecular flexibility index (Phi) is 5.45. The van der Waals surface area contributed by atoms with Crippen molar-refractivity contribution in [2.75, 3.05) is 6.54 Å². The van der Waals surface area contributed by atoms with E-state index in [2.05, 4.69) is 5.32 Å². The molecule has 1 aromatic heterocycles. The smallest absolute Gasteiger partial charge is 0.346 e. The predicted molar refractivity (Wildman–Crippen MR) is 63.9 cm³/mol. The summed E-state index contributed by atoms with van der Waals surface area (Å²) in [7, 11) is 0. The zero-order valence-corrected chi connectivity index (χ0v) is 10.1. The van der Waals surface area contributed by atoms with Crippen LogP contribution in [0.5, 0.6) is 0 Å². The van der Waals surface area contributed by atoms with Gasteiger partial charge in [-0.3, -0.25) is 0 Å². The van der Waals surface area contributed by atoms with Crippen molar-refractivity contribution in [3.63, 3.8) is 0 Å². The fraction of sp³-hybridized carbons (Fsp3) is 0.545. The average Bonchev–Trinajstić information content (AvgIpc) is 2.65. The summed E-state index contributed by atoms with van der Waals surface area (Å²) in [5, 5.41) is 22.9. The molecule has 1 aromatic rings. The van der Waals surface area contributed by atoms with Crippen LogP contribution in [0.25, 0.3) is 0 Å². The molecule has 0 saturated carbocycles. The lowest BCUT2D eigenvalue weighted by atomic mass is 10.2. The molecule has 0 bridgehead atoms. The Bertz CT molecular complexity index is 336. The summed E-state index contributed by atoms with van der Waals surface area (Å²) in [6.07, 6.45) is 1.39. The molecule has 4 nitrogen and oxygen atoms in total. The number of hydrogen-bond acceptors (Lipinski definition) is 4. The fourth-order valence-electron chi connectivity index (χ4n) is 1.41. The minimum Gasteiger partial charge on any atom is -0.477 e. The van der Waals surface area contributed by atoms with Gasteiger partial charge in [0.05, 0.1) is 6.10 Å². The highest BCUT2D eigenvalue weighted by atomic mass is 32.1. The van der Waals surface area contributed by atoms with E-state index in [-0.39, 0.29) is 6.10 Å². The molecular formula is C11H17NO3S. The molecule has 0 spiro atoms. The molecule has 0 aliphatic rings. The zero-order valence-electron chi connectivity index (χ0n) is 9.27. The van der Waals surface area contributed by atoms with Gasteiger partial charge < -0.3 is 15.5 Å². The van der Waals surface area contributed by atoms with Gasteiger partial charge in [0.25, 0.3) is 0 Å². The Labute approximate surface area is 98.9 Å². The van der Waals surface area contributed by atoms with Crippen molar-refractivity contribution in [3.8, 4) is 0 Å². The number of aliphatic hydroxyl groups excluding tert-OH is 1. The molecule has 0 aliphatic heterocycles. The van der Waals surface area contributed by atoms with E-state index in [4.69, 9.17) is 10.2 Å². The Morgan fingerprint density at radius 2 is 2.38 bits per heavy atom. The Hall–Kier alpha value is -0.910. The third-order valence-corrected chi connectivity index (χ3v) is 3.18. The SMILES string of the molecule is CC(O)CCCNCc1ccsc1C(=O)O. The lowest BCUT2D eigenvalue weighted by molar-refractivity contribution is 0.0701. The molecule has 16 heavy (non-hydrogen) atoms. The maximum absolute atomic E-state index is 10.8. The number of rotatable bonds is 7. The first-order valence-electron chi connectivity index (χ1n) is 5.29. The summed E-state index contributed by atoms with van der Waals surface area (Å²) in [6.45, 7) is 3.13. The van der Waals surface area contributed by atoms with Crippen LogP contribution in [0.2, 0.25) is 0 Å². The van der Waals surface area contributed by atoms with Crippen molar-refractivity contribution >= 4 is 17.3 Å². The second-order valence-corrected chi connectivity index (χ2v) is 4.66. The molecule has 0 fully saturated rings. The highest BCUT2D eigenvalue weighted by Gasteiger charge is 2.10. The van der Waals surface area contributed by atoms with Crippen LogP contribution in [0.1, 0.15) is 35.0 Å². The molecule has 1 heterocycles. The van der Waals surface area contributed by atoms with E-state index in [0.29, 0.717) is 11.4 Å². The van der Waals surface area contributed by atoms with E-state index in [1.165, 1.54) is 11.3 Å². The second kappa shape index (κ2) is 6.62. The second-order valence-electron chi connectivity index (χ2n) is 3.75. The molecule has 5 heteroatoms. The standard InChI is InChI=1S/C11H17NO3S/c1-8(13)3-2-5-12-7-9-4-6-16-10(9)11(14)15/h4,6,8,12-13H,2-3,5,7H2,1H3,(H,14,15). The van der Waals surface area contributed by atoms with Crippen molar-refractivity contribution in [2.24, 2.45) is 0 Å². The van der Waals surface area contributed by atoms with Crippen molar-refractivity contribution in [1.82, 2.24) is 5.32 Å². The van der Waals surface area contributed by atoms with Crippen LogP contribution in [-0.2, 0) is 6.54 Å². The van der Waals surface area contributed by atoms with Gasteiger partial charge in [0, 0.05) is 6.54 Å². The number of carboxylic acids is 1. The summed E-state index contributed by atoms with van der Waals surface area (Å²) in [6, 6.07) is 1.83. The summed E-state index contributed by atoms with van der Waals surface area (Å²) >= 11 is 1.25. The van der Waals surface area contributed by atoms with E-state index in [9.17, 15) is 4.79 Å². The molecule has 90 valence electrons. The zero-order chi connectivity index (χ0) is 12.0. The van der Waals surface area contributed by atoms with Crippen molar-refractivity contribution in [1.29, 1.82) is 0 Å². The van der Waals surface area contributed by atoms with E-state index in [0.717, 1.165) is 24.9 Å². The molecule has 3 N–H and O–H groups in total. The van der Waals surface area contributed by atoms with Crippen LogP contribution >= 0.6 is 11.3 Å². The van der Waals surface area contributed by atoms with Gasteiger partial charge in [-0.1, -0.05) is 0 Å². The first kappa shape index (κ1) is 13.2. The molecule has 0 aliphatic carbocycles. The predicted octanol–water partition coefficient (Wildman–Crippen LogP) is 1.70. The largest absolute Gasteiger partial charge is 0.477 e. The third kappa shape index (κ3) is 4.30. The minimum atomic E-state index is -0.865. The van der Waals surface area contributed by atoms with E-state index in [1.54, 1.807) is 12.3 Å². The van der Waals surface area contributed by atoms with Crippen LogP contribution in [0, 0.1) is 0 Å². The van der Waals surface area contributed by atoms with E-state index in [1.807, 2.05) is 6.07 Å². The molecule has 0 saturated heterocycles. The highest BCUT2D eigenvalue weighted by Crippen LogP contribution is 2.16. The first-order chi connectivity index (χ1) is 7.61. The quantitative estimate of drug-likeness (QED) is 0.637. The van der Waals surface area contributed by atoms with E-state index >= 15 is 0 Å². The molecule has 0 aromatic carbocycles. The molecule has 1 unspecified atom stereocenters. The summed E-state index contributed by atoms with van der Waals surface area (Å²) < 4.78 is 0. The normalized spacial score (nSPS) is 12.6. The van der Waals surface area contributed by atoms with Crippen LogP contribution in [0.15, 0.2) is 11.4 Å². The highest BCUT2D eigenvalue weighted by molar-refractivity contribution is 7.12. The average molecular weight is 243 g/mol. The number of carboxylic acid groups (broad SMARTS) is 1. The fourth-order valence-corrected chi connectivity index (χ4v) is 2.17. The monoisotopic (exact) mass is 243 g/mol. The van der Waals surface area contributed by atoms with Gasteiger partial charge in [0.15, 0.2) is 0 Å². The third-order valence-electron chi connectivity index (χ3n) is 2.23. The maximum atomic E-state index is 10.8. The first-order valence-corrected chi connectivity index (χ1v) is 6.17. The summed E-state index contributed by atoms with van der Waals surface area (Å²) in [5.74, 6) is -0.865. The lowest BCUT2D eigenvalue weighted by Gasteiger charge is -2.05. The summed E-state index contributed by atoms with van der Waals surface area (Å²) in [5.41, 5.74) is 0.828. The topological polar surface area (TPSA) is 69.6 Å². The van der Waals surface area contributed by atoms with Crippen molar-refractivity contribution in [3.05, 3.63) is 21.9 Å². The summed E-state index contributed by atoms with van der Waals surface area (Å²) in [4.78, 5) is 11.2. The van der Waals surface area contributed by atoms with Gasteiger partial charge in [0.2, 0.25) is 0 Å². The molecular weight excluding hydrogens is 226 g/mol. The van der Waals surface area contributed by atoms with Gasteiger partial charge in [-0.05, 0) is 43.3 Å². The molecule has 1 rings (SSSR count). The molecule has 1 atom stereocenters. The lowest BCUT2D eigenvalue weighted by Crippen LogP contribution is -2.17. The molecule has 0 radical (unpaired) electrons. The number of aromatic carboxylic acids is 1. The maximum Gasteiger partial charge on any atom is 0.346 e. The number of thiophene rings is 1. The van der Waals surface area contributed by atoms with Crippen molar-refractivity contribution in [2.45, 2.75) is 32.4 Å². The Morgan fingerprint density at radius 3 is 3.00 bits per heavy atom. The van der Waals surface area contributed by atoms with Crippen LogP contribution < -0.4 is 5.32 Å². The van der Waals surface area contributed by atoms with Crippen molar-refractivity contribution < 1.29 is 15.0 Å². The van der Waals surface area contributed by atoms with Gasteiger partial charge in [-0.25, -0.2) is 4.79 Å². The van der Waals surface area contributed by atoms with Gasteiger partial charge in [-0.15, -0.1) is 11.3 Å². The number of nitrogens with one attached hydrogen (secondary N) is 1. The van der Waals surface area contributed by atoms with E-state index < -0.39 is 5.97 Å². The van der Waals surface area contributed by atoms with Crippen LogP contribution in [0.4, 0.5) is 0 Å². The number of carbonyl (C=O) groups is 1. The van der Waals surface area contributed by atoms with Crippen LogP contribution in [-0.4, -0.2) is 28.8 Å². The Balaban J connectivity index is 2.27. The van der Waals surface area contributed by atoms with Gasteiger partial charge in [-0.2, -0.15) is 0 Å². The Morgan fingerprint density at radius 1 is 1.62 bits per heavy atom. The van der Waals surface area contributed by atoms with Gasteiger partial charge in [0.1, 0.15) is 4.88 Å². The minimum absolute atomic E-state index is 0.266. The number of hydrogen-bond donors (Lipinski definition) is 3. The molecule has 0 amide bonds. The van der Waals surface area contributed by atoms with Crippen LogP contribution in [0.3, 0.4) is 0 Å².